The zero-order chi connectivity index (χ0) is 30.9. The summed E-state index contributed by atoms with van der Waals surface area (Å²) < 4.78 is 13.4. The van der Waals surface area contributed by atoms with Gasteiger partial charge in [0.1, 0.15) is 5.82 Å². The van der Waals surface area contributed by atoms with Crippen LogP contribution in [0.2, 0.25) is 0 Å². The first-order valence-corrected chi connectivity index (χ1v) is 13.8. The molecule has 2 heterocycles. The maximum absolute atomic E-state index is 13.4. The molecule has 0 aromatic heterocycles. The molecule has 2 aliphatic rings. The summed E-state index contributed by atoms with van der Waals surface area (Å²) >= 11 is 0. The minimum Gasteiger partial charge on any atom is -0.481 e. The maximum Gasteiger partial charge on any atom is 0.336 e. The van der Waals surface area contributed by atoms with Crippen LogP contribution in [-0.2, 0) is 31.3 Å². The lowest BCUT2D eigenvalue weighted by atomic mass is 9.80. The molecule has 1 amide bonds. The van der Waals surface area contributed by atoms with Crippen molar-refractivity contribution in [3.05, 3.63) is 65.5 Å². The first-order valence-electron chi connectivity index (χ1n) is 13.8. The van der Waals surface area contributed by atoms with Gasteiger partial charge in [0.2, 0.25) is 5.91 Å². The van der Waals surface area contributed by atoms with Crippen LogP contribution in [-0.4, -0.2) is 80.9 Å². The Balaban J connectivity index is 0.000000316. The van der Waals surface area contributed by atoms with E-state index in [-0.39, 0.29) is 11.7 Å². The molecular formula is C30H38FN3O8. The van der Waals surface area contributed by atoms with Gasteiger partial charge >= 0.3 is 17.9 Å². The second-order valence-electron chi connectivity index (χ2n) is 10.8. The predicted molar refractivity (Wildman–Crippen MR) is 151 cm³/mol. The van der Waals surface area contributed by atoms with E-state index in [1.165, 1.54) is 36.2 Å². The topological polar surface area (TPSA) is 168 Å². The number of carboxylic acids is 3. The zero-order valence-electron chi connectivity index (χ0n) is 23.6. The first-order chi connectivity index (χ1) is 19.8. The minimum atomic E-state index is -2.74. The monoisotopic (exact) mass is 587 g/mol. The molecule has 0 unspecified atom stereocenters. The van der Waals surface area contributed by atoms with Gasteiger partial charge in [0.25, 0.3) is 0 Å². The Morgan fingerprint density at radius 1 is 0.881 bits per heavy atom. The standard InChI is InChI=1S/C24H30FN3O.C6H8O7/c1-19(29)26-24(21-8-10-22(25)11-9-21)12-16-27(17-13-24)18-20-6-2-3-7-23(20)28-14-4-5-15-28;7-3(8)1-6(13,5(11)12)2-4(9)10/h2-3,6-11H,4-5,12-18H2,1H3,(H,26,29);13H,1-2H2,(H,7,8)(H,9,10)(H,11,12). The van der Waals surface area contributed by atoms with Crippen molar-refractivity contribution in [2.75, 3.05) is 31.1 Å². The normalized spacial score (nSPS) is 16.7. The Labute approximate surface area is 243 Å². The number of likely N-dealkylation sites (tertiary alicyclic amines) is 1. The van der Waals surface area contributed by atoms with Crippen molar-refractivity contribution in [1.29, 1.82) is 0 Å². The highest BCUT2D eigenvalue weighted by atomic mass is 19.1. The molecule has 2 aromatic rings. The zero-order valence-corrected chi connectivity index (χ0v) is 23.6. The van der Waals surface area contributed by atoms with Gasteiger partial charge in [-0.15, -0.1) is 0 Å². The number of para-hydroxylation sites is 1. The Kier molecular flexibility index (Phi) is 11.0. The molecule has 2 fully saturated rings. The molecule has 2 aliphatic heterocycles. The average molecular weight is 588 g/mol. The lowest BCUT2D eigenvalue weighted by molar-refractivity contribution is -0.170. The molecule has 11 nitrogen and oxygen atoms in total. The highest BCUT2D eigenvalue weighted by Gasteiger charge is 2.41. The summed E-state index contributed by atoms with van der Waals surface area (Å²) in [4.78, 5) is 47.4. The molecular weight excluding hydrogens is 549 g/mol. The number of amides is 1. The quantitative estimate of drug-likeness (QED) is 0.279. The van der Waals surface area contributed by atoms with Crippen LogP contribution >= 0.6 is 0 Å². The van der Waals surface area contributed by atoms with Gasteiger partial charge in [-0.25, -0.2) is 9.18 Å². The SMILES string of the molecule is CC(=O)NC1(c2ccc(F)cc2)CCN(Cc2ccccc2N2CCCC2)CC1.O=C(O)CC(O)(CC(=O)O)C(=O)O. The van der Waals surface area contributed by atoms with Gasteiger partial charge in [-0.3, -0.25) is 19.3 Å². The number of aliphatic hydroxyl groups is 1. The summed E-state index contributed by atoms with van der Waals surface area (Å²) in [6, 6.07) is 15.3. The Morgan fingerprint density at radius 3 is 1.93 bits per heavy atom. The van der Waals surface area contributed by atoms with Crippen LogP contribution in [0.3, 0.4) is 0 Å². The highest BCUT2D eigenvalue weighted by molar-refractivity contribution is 5.88. The lowest BCUT2D eigenvalue weighted by Crippen LogP contribution is -2.52. The number of piperidine rings is 1. The average Bonchev–Trinajstić information content (AvgIpc) is 3.45. The molecule has 0 radical (unpaired) electrons. The molecule has 228 valence electrons. The first kappa shape index (κ1) is 32.5. The smallest absolute Gasteiger partial charge is 0.336 e. The number of halogens is 1. The van der Waals surface area contributed by atoms with E-state index >= 15 is 0 Å². The molecule has 2 saturated heterocycles. The number of rotatable bonds is 10. The number of hydrogen-bond donors (Lipinski definition) is 5. The van der Waals surface area contributed by atoms with E-state index in [2.05, 4.69) is 39.4 Å². The largest absolute Gasteiger partial charge is 0.481 e. The maximum atomic E-state index is 13.4. The molecule has 0 spiro atoms. The summed E-state index contributed by atoms with van der Waals surface area (Å²) in [5.41, 5.74) is 0.582. The Hall–Kier alpha value is -4.03. The van der Waals surface area contributed by atoms with Crippen LogP contribution in [0.15, 0.2) is 48.5 Å². The number of carboxylic acid groups (broad SMARTS) is 3. The molecule has 5 N–H and O–H groups in total. The Bertz CT molecular complexity index is 1240. The van der Waals surface area contributed by atoms with Crippen molar-refractivity contribution in [2.24, 2.45) is 0 Å². The second kappa shape index (κ2) is 14.2. The van der Waals surface area contributed by atoms with Crippen LogP contribution in [0.25, 0.3) is 0 Å². The van der Waals surface area contributed by atoms with Crippen molar-refractivity contribution in [1.82, 2.24) is 10.2 Å². The fraction of sp³-hybridized carbons (Fsp3) is 0.467. The number of nitrogens with one attached hydrogen (secondary N) is 1. The summed E-state index contributed by atoms with van der Waals surface area (Å²) in [6.45, 7) is 6.56. The third kappa shape index (κ3) is 8.73. The number of anilines is 1. The molecule has 4 rings (SSSR count). The fourth-order valence-corrected chi connectivity index (χ4v) is 5.55. The lowest BCUT2D eigenvalue weighted by Gasteiger charge is -2.43. The van der Waals surface area contributed by atoms with E-state index in [9.17, 15) is 23.6 Å². The van der Waals surface area contributed by atoms with Crippen LogP contribution in [0.4, 0.5) is 10.1 Å². The van der Waals surface area contributed by atoms with E-state index in [1.807, 2.05) is 12.1 Å². The third-order valence-electron chi connectivity index (χ3n) is 7.64. The van der Waals surface area contributed by atoms with Crippen LogP contribution in [0.5, 0.6) is 0 Å². The van der Waals surface area contributed by atoms with E-state index < -0.39 is 41.9 Å². The number of benzene rings is 2. The summed E-state index contributed by atoms with van der Waals surface area (Å²) in [5, 5.41) is 37.0. The van der Waals surface area contributed by atoms with Crippen molar-refractivity contribution in [3.63, 3.8) is 0 Å². The molecule has 0 bridgehead atoms. The summed E-state index contributed by atoms with van der Waals surface area (Å²) in [7, 11) is 0. The molecule has 0 atom stereocenters. The number of carbonyl (C=O) groups is 4. The minimum absolute atomic E-state index is 0.0397. The van der Waals surface area contributed by atoms with E-state index in [4.69, 9.17) is 20.4 Å². The molecule has 12 heteroatoms. The number of hydrogen-bond acceptors (Lipinski definition) is 7. The number of nitrogens with zero attached hydrogens (tertiary/aromatic N) is 2. The van der Waals surface area contributed by atoms with E-state index in [0.29, 0.717) is 0 Å². The number of carbonyl (C=O) groups excluding carboxylic acids is 1. The van der Waals surface area contributed by atoms with Crippen LogP contribution < -0.4 is 10.2 Å². The van der Waals surface area contributed by atoms with Gasteiger partial charge in [0, 0.05) is 45.3 Å². The van der Waals surface area contributed by atoms with Gasteiger partial charge in [-0.1, -0.05) is 30.3 Å². The second-order valence-corrected chi connectivity index (χ2v) is 10.8. The molecule has 2 aromatic carbocycles. The van der Waals surface area contributed by atoms with Gasteiger partial charge in [0.05, 0.1) is 18.4 Å². The van der Waals surface area contributed by atoms with E-state index in [0.717, 1.165) is 51.1 Å². The van der Waals surface area contributed by atoms with Gasteiger partial charge < -0.3 is 30.6 Å². The highest BCUT2D eigenvalue weighted by Crippen LogP contribution is 2.35. The fourth-order valence-electron chi connectivity index (χ4n) is 5.55. The van der Waals surface area contributed by atoms with Crippen molar-refractivity contribution >= 4 is 29.5 Å². The van der Waals surface area contributed by atoms with Crippen LogP contribution in [0.1, 0.15) is 56.6 Å². The van der Waals surface area contributed by atoms with Gasteiger partial charge in [-0.2, -0.15) is 0 Å². The van der Waals surface area contributed by atoms with E-state index in [1.54, 1.807) is 6.92 Å². The molecule has 42 heavy (non-hydrogen) atoms. The van der Waals surface area contributed by atoms with Crippen molar-refractivity contribution < 1.29 is 44.0 Å². The van der Waals surface area contributed by atoms with Crippen LogP contribution in [0, 0.1) is 5.82 Å². The van der Waals surface area contributed by atoms with Gasteiger partial charge in [0.15, 0.2) is 5.60 Å². The van der Waals surface area contributed by atoms with Gasteiger partial charge in [-0.05, 0) is 55.0 Å². The van der Waals surface area contributed by atoms with Crippen molar-refractivity contribution in [3.8, 4) is 0 Å². The molecule has 0 saturated carbocycles. The van der Waals surface area contributed by atoms with Crippen molar-refractivity contribution in [2.45, 2.75) is 63.1 Å². The Morgan fingerprint density at radius 2 is 1.43 bits per heavy atom. The third-order valence-corrected chi connectivity index (χ3v) is 7.64. The number of aliphatic carboxylic acids is 3. The molecule has 0 aliphatic carbocycles. The predicted octanol–water partition coefficient (Wildman–Crippen LogP) is 2.80. The summed E-state index contributed by atoms with van der Waals surface area (Å²) in [5.74, 6) is -5.31. The summed E-state index contributed by atoms with van der Waals surface area (Å²) in [6.07, 6.45) is 1.90.